The number of aromatic nitrogens is 2. The molecule has 1 saturated heterocycles. The molecule has 6 nitrogen and oxygen atoms in total. The fraction of sp³-hybridized carbons (Fsp3) is 0.250. The van der Waals surface area contributed by atoms with Gasteiger partial charge in [-0.15, -0.1) is 0 Å². The molecule has 28 heavy (non-hydrogen) atoms. The third-order valence-electron chi connectivity index (χ3n) is 4.49. The Morgan fingerprint density at radius 1 is 1.25 bits per heavy atom. The van der Waals surface area contributed by atoms with Crippen molar-refractivity contribution in [2.75, 3.05) is 25.1 Å². The predicted octanol–water partition coefficient (Wildman–Crippen LogP) is 3.58. The maximum Gasteiger partial charge on any atom is 0.277 e. The van der Waals surface area contributed by atoms with Crippen LogP contribution in [0.15, 0.2) is 42.6 Å². The minimum absolute atomic E-state index is 0.351. The van der Waals surface area contributed by atoms with E-state index in [1.165, 1.54) is 0 Å². The summed E-state index contributed by atoms with van der Waals surface area (Å²) in [7, 11) is 0. The van der Waals surface area contributed by atoms with Crippen LogP contribution in [0.4, 0.5) is 14.5 Å². The first-order valence-electron chi connectivity index (χ1n) is 8.83. The Morgan fingerprint density at radius 3 is 2.96 bits per heavy atom. The number of fused-ring (bicyclic) bond motifs is 1. The van der Waals surface area contributed by atoms with Crippen molar-refractivity contribution in [3.63, 3.8) is 0 Å². The molecule has 3 aromatic rings. The van der Waals surface area contributed by atoms with E-state index in [0.717, 1.165) is 35.9 Å². The van der Waals surface area contributed by atoms with Crippen molar-refractivity contribution < 1.29 is 23.0 Å². The number of anilines is 1. The molecule has 1 unspecified atom stereocenters. The van der Waals surface area contributed by atoms with E-state index in [4.69, 9.17) is 9.47 Å². The monoisotopic (exact) mass is 385 g/mol. The summed E-state index contributed by atoms with van der Waals surface area (Å²) < 4.78 is 38.1. The number of halogens is 2. The number of hydrogen-bond acceptors (Lipinski definition) is 5. The van der Waals surface area contributed by atoms with Crippen LogP contribution in [0.5, 0.6) is 5.88 Å². The van der Waals surface area contributed by atoms with Crippen molar-refractivity contribution in [2.24, 2.45) is 5.92 Å². The lowest BCUT2D eigenvalue weighted by Crippen LogP contribution is -2.16. The molecular formula is C20H17F2N3O3. The molecule has 1 N–H and O–H groups in total. The Bertz CT molecular complexity index is 1020. The summed E-state index contributed by atoms with van der Waals surface area (Å²) in [6, 6.07) is 8.60. The van der Waals surface area contributed by atoms with Crippen molar-refractivity contribution in [1.82, 2.24) is 9.97 Å². The van der Waals surface area contributed by atoms with E-state index in [1.54, 1.807) is 30.5 Å². The van der Waals surface area contributed by atoms with E-state index in [2.05, 4.69) is 15.3 Å². The van der Waals surface area contributed by atoms with Gasteiger partial charge >= 0.3 is 0 Å². The number of pyridine rings is 2. The second-order valence-electron chi connectivity index (χ2n) is 6.51. The zero-order valence-corrected chi connectivity index (χ0v) is 14.8. The van der Waals surface area contributed by atoms with Gasteiger partial charge in [0.1, 0.15) is 0 Å². The predicted molar refractivity (Wildman–Crippen MR) is 98.3 cm³/mol. The molecule has 0 aliphatic carbocycles. The molecule has 1 aliphatic rings. The van der Waals surface area contributed by atoms with Crippen molar-refractivity contribution >= 4 is 22.4 Å². The number of rotatable bonds is 5. The molecular weight excluding hydrogens is 368 g/mol. The Morgan fingerprint density at radius 2 is 2.14 bits per heavy atom. The molecule has 0 bridgehead atoms. The molecule has 2 aromatic heterocycles. The molecule has 1 atom stereocenters. The van der Waals surface area contributed by atoms with Crippen LogP contribution in [0, 0.1) is 17.7 Å². The maximum absolute atomic E-state index is 13.7. The minimum atomic E-state index is -0.925. The van der Waals surface area contributed by atoms with E-state index in [1.807, 2.05) is 0 Å². The maximum atomic E-state index is 13.7. The first-order chi connectivity index (χ1) is 13.6. The number of hydrogen-bond donors (Lipinski definition) is 1. The topological polar surface area (TPSA) is 73.3 Å². The van der Waals surface area contributed by atoms with Gasteiger partial charge in [0.2, 0.25) is 11.8 Å². The highest BCUT2D eigenvalue weighted by Crippen LogP contribution is 2.27. The van der Waals surface area contributed by atoms with E-state index in [9.17, 15) is 13.6 Å². The van der Waals surface area contributed by atoms with Gasteiger partial charge in [-0.05, 0) is 48.2 Å². The van der Waals surface area contributed by atoms with Crippen LogP contribution in [0.2, 0.25) is 0 Å². The van der Waals surface area contributed by atoms with Gasteiger partial charge in [0, 0.05) is 29.8 Å². The molecule has 1 fully saturated rings. The Hall–Kier alpha value is -3.13. The van der Waals surface area contributed by atoms with Gasteiger partial charge in [-0.1, -0.05) is 0 Å². The SMILES string of the molecule is O=C(Nc1ccc2c(OCC3CCOC3)nccc2c1)c1nc(F)ccc1F. The van der Waals surface area contributed by atoms with Gasteiger partial charge < -0.3 is 14.8 Å². The number of benzene rings is 1. The number of ether oxygens (including phenoxy) is 2. The average Bonchev–Trinajstić information content (AvgIpc) is 3.21. The zero-order chi connectivity index (χ0) is 19.5. The summed E-state index contributed by atoms with van der Waals surface area (Å²) >= 11 is 0. The number of carbonyl (C=O) groups is 1. The largest absolute Gasteiger partial charge is 0.477 e. The second kappa shape index (κ2) is 7.85. The van der Waals surface area contributed by atoms with Crippen molar-refractivity contribution in [2.45, 2.75) is 6.42 Å². The van der Waals surface area contributed by atoms with Gasteiger partial charge in [-0.3, -0.25) is 4.79 Å². The highest BCUT2D eigenvalue weighted by molar-refractivity contribution is 6.04. The smallest absolute Gasteiger partial charge is 0.277 e. The van der Waals surface area contributed by atoms with Crippen LogP contribution in [0.25, 0.3) is 10.8 Å². The zero-order valence-electron chi connectivity index (χ0n) is 14.8. The van der Waals surface area contributed by atoms with Gasteiger partial charge in [0.15, 0.2) is 11.5 Å². The fourth-order valence-corrected chi connectivity index (χ4v) is 3.02. The van der Waals surface area contributed by atoms with Crippen LogP contribution in [-0.4, -0.2) is 35.7 Å². The minimum Gasteiger partial charge on any atom is -0.477 e. The summed E-state index contributed by atoms with van der Waals surface area (Å²) in [6.07, 6.45) is 2.58. The molecule has 3 heterocycles. The average molecular weight is 385 g/mol. The molecule has 1 aromatic carbocycles. The van der Waals surface area contributed by atoms with E-state index < -0.39 is 23.4 Å². The van der Waals surface area contributed by atoms with Crippen molar-refractivity contribution in [3.8, 4) is 5.88 Å². The van der Waals surface area contributed by atoms with Crippen LogP contribution < -0.4 is 10.1 Å². The Labute approximate surface area is 159 Å². The standard InChI is InChI=1S/C20H17F2N3O3/c21-16-3-4-17(22)25-18(16)19(26)24-14-1-2-15-13(9-14)5-7-23-20(15)28-11-12-6-8-27-10-12/h1-5,7,9,12H,6,8,10-11H2,(H,24,26). The van der Waals surface area contributed by atoms with Crippen molar-refractivity contribution in [3.05, 3.63) is 60.1 Å². The van der Waals surface area contributed by atoms with Gasteiger partial charge in [0.05, 0.1) is 13.2 Å². The number of amides is 1. The molecule has 1 amide bonds. The van der Waals surface area contributed by atoms with Crippen LogP contribution >= 0.6 is 0 Å². The lowest BCUT2D eigenvalue weighted by atomic mass is 10.1. The summed E-state index contributed by atoms with van der Waals surface area (Å²) in [5.41, 5.74) is -0.179. The van der Waals surface area contributed by atoms with Crippen LogP contribution in [-0.2, 0) is 4.74 Å². The molecule has 8 heteroatoms. The Kier molecular flexibility index (Phi) is 5.12. The molecule has 4 rings (SSSR count). The van der Waals surface area contributed by atoms with Crippen LogP contribution in [0.1, 0.15) is 16.9 Å². The van der Waals surface area contributed by atoms with E-state index in [-0.39, 0.29) is 0 Å². The number of nitrogens with zero attached hydrogens (tertiary/aromatic N) is 2. The Balaban J connectivity index is 1.53. The van der Waals surface area contributed by atoms with Gasteiger partial charge in [0.25, 0.3) is 5.91 Å². The lowest BCUT2D eigenvalue weighted by Gasteiger charge is -2.12. The van der Waals surface area contributed by atoms with E-state index >= 15 is 0 Å². The molecule has 0 spiro atoms. The normalized spacial score (nSPS) is 16.3. The van der Waals surface area contributed by atoms with E-state index in [0.29, 0.717) is 30.7 Å². The molecule has 1 aliphatic heterocycles. The molecule has 144 valence electrons. The quantitative estimate of drug-likeness (QED) is 0.680. The third-order valence-corrected chi connectivity index (χ3v) is 4.49. The first kappa shape index (κ1) is 18.2. The number of carbonyl (C=O) groups excluding carboxylic acids is 1. The summed E-state index contributed by atoms with van der Waals surface area (Å²) in [4.78, 5) is 19.8. The number of nitrogens with one attached hydrogen (secondary N) is 1. The summed E-state index contributed by atoms with van der Waals surface area (Å²) in [5.74, 6) is -1.80. The van der Waals surface area contributed by atoms with Crippen LogP contribution in [0.3, 0.4) is 0 Å². The highest BCUT2D eigenvalue weighted by atomic mass is 19.1. The molecule has 0 saturated carbocycles. The highest BCUT2D eigenvalue weighted by Gasteiger charge is 2.18. The summed E-state index contributed by atoms with van der Waals surface area (Å²) in [6.45, 7) is 1.96. The lowest BCUT2D eigenvalue weighted by molar-refractivity contribution is 0.101. The van der Waals surface area contributed by atoms with Crippen molar-refractivity contribution in [1.29, 1.82) is 0 Å². The second-order valence-corrected chi connectivity index (χ2v) is 6.51. The first-order valence-corrected chi connectivity index (χ1v) is 8.83. The fourth-order valence-electron chi connectivity index (χ4n) is 3.02. The molecule has 0 radical (unpaired) electrons. The van der Waals surface area contributed by atoms with Gasteiger partial charge in [-0.2, -0.15) is 4.39 Å². The third kappa shape index (κ3) is 3.91. The summed E-state index contributed by atoms with van der Waals surface area (Å²) in [5, 5.41) is 4.11. The van der Waals surface area contributed by atoms with Gasteiger partial charge in [-0.25, -0.2) is 14.4 Å².